The minimum absolute atomic E-state index is 0. The summed E-state index contributed by atoms with van der Waals surface area (Å²) in [6, 6.07) is 0. The van der Waals surface area contributed by atoms with Gasteiger partial charge in [-0.05, 0) is 32.6 Å². The average molecular weight is 516 g/mol. The predicted octanol–water partition coefficient (Wildman–Crippen LogP) is 2.18. The topological polar surface area (TPSA) is 83.0 Å². The molecule has 0 radical (unpaired) electrons. The number of nitrogens with one attached hydrogen (secondary N) is 2. The Kier molecular flexibility index (Phi) is 11.5. The molecule has 0 aromatic rings. The maximum Gasteiger partial charge on any atom is 0.216 e. The highest BCUT2D eigenvalue weighted by molar-refractivity contribution is 14.0. The summed E-state index contributed by atoms with van der Waals surface area (Å²) in [5.74, 6) is 1.64. The lowest BCUT2D eigenvalue weighted by atomic mass is 10.0. The van der Waals surface area contributed by atoms with E-state index in [0.717, 1.165) is 18.9 Å². The third-order valence-corrected chi connectivity index (χ3v) is 7.02. The van der Waals surface area contributed by atoms with Gasteiger partial charge in [-0.25, -0.2) is 8.42 Å². The van der Waals surface area contributed by atoms with Crippen LogP contribution in [0.3, 0.4) is 0 Å². The fraction of sp³-hybridized carbons (Fsp3) is 0.944. The largest absolute Gasteiger partial charge is 0.373 e. The maximum atomic E-state index is 12.5. The Balaban J connectivity index is 0.00000364. The summed E-state index contributed by atoms with van der Waals surface area (Å²) in [4.78, 5) is 4.18. The van der Waals surface area contributed by atoms with Crippen molar-refractivity contribution < 1.29 is 13.2 Å². The molecule has 7 nitrogen and oxygen atoms in total. The lowest BCUT2D eigenvalue weighted by molar-refractivity contribution is -0.0440. The molecule has 1 aliphatic heterocycles. The first-order valence-electron chi connectivity index (χ1n) is 9.98. The zero-order valence-corrected chi connectivity index (χ0v) is 20.1. The summed E-state index contributed by atoms with van der Waals surface area (Å²) in [5.41, 5.74) is 0. The predicted molar refractivity (Wildman–Crippen MR) is 121 cm³/mol. The molecule has 0 spiro atoms. The standard InChI is InChI=1S/C18H36N4O3S.HI/c1-15-13-22(14-16(2)25-15)26(23,24)12-11-21-18(19-3)20-10-6-9-17-7-4-5-8-17;/h15-17H,4-14H2,1-3H3,(H2,19,20,21);1H. The molecular formula is C18H37IN4O3S. The van der Waals surface area contributed by atoms with Crippen LogP contribution >= 0.6 is 24.0 Å². The Morgan fingerprint density at radius 3 is 2.30 bits per heavy atom. The van der Waals surface area contributed by atoms with Gasteiger partial charge in [-0.2, -0.15) is 4.31 Å². The number of nitrogens with zero attached hydrogens (tertiary/aromatic N) is 2. The van der Waals surface area contributed by atoms with Gasteiger partial charge in [-0.3, -0.25) is 4.99 Å². The highest BCUT2D eigenvalue weighted by Crippen LogP contribution is 2.28. The molecule has 2 rings (SSSR count). The minimum Gasteiger partial charge on any atom is -0.373 e. The van der Waals surface area contributed by atoms with E-state index in [1.165, 1.54) is 32.1 Å². The van der Waals surface area contributed by atoms with Crippen LogP contribution in [0.1, 0.15) is 52.4 Å². The molecule has 160 valence electrons. The molecular weight excluding hydrogens is 479 g/mol. The first-order valence-corrected chi connectivity index (χ1v) is 11.6. The van der Waals surface area contributed by atoms with E-state index in [-0.39, 0.29) is 41.9 Å². The number of aliphatic imine (C=N–C) groups is 1. The second-order valence-electron chi connectivity index (χ2n) is 7.61. The van der Waals surface area contributed by atoms with Gasteiger partial charge in [0.1, 0.15) is 0 Å². The van der Waals surface area contributed by atoms with Crippen LogP contribution in [-0.4, -0.2) is 69.9 Å². The van der Waals surface area contributed by atoms with Crippen LogP contribution in [0, 0.1) is 5.92 Å². The molecule has 2 unspecified atom stereocenters. The quantitative estimate of drug-likeness (QED) is 0.224. The van der Waals surface area contributed by atoms with Gasteiger partial charge in [0.05, 0.1) is 18.0 Å². The summed E-state index contributed by atoms with van der Waals surface area (Å²) in [6.07, 6.45) is 7.81. The van der Waals surface area contributed by atoms with E-state index in [9.17, 15) is 8.42 Å². The highest BCUT2D eigenvalue weighted by atomic mass is 127. The van der Waals surface area contributed by atoms with Crippen molar-refractivity contribution in [2.24, 2.45) is 10.9 Å². The van der Waals surface area contributed by atoms with Crippen molar-refractivity contribution in [1.82, 2.24) is 14.9 Å². The molecule has 0 amide bonds. The van der Waals surface area contributed by atoms with Crippen LogP contribution in [-0.2, 0) is 14.8 Å². The number of guanidine groups is 1. The Morgan fingerprint density at radius 2 is 1.70 bits per heavy atom. The molecule has 9 heteroatoms. The van der Waals surface area contributed by atoms with Crippen LogP contribution in [0.2, 0.25) is 0 Å². The highest BCUT2D eigenvalue weighted by Gasteiger charge is 2.30. The molecule has 0 aromatic heterocycles. The van der Waals surface area contributed by atoms with Crippen LogP contribution in [0.4, 0.5) is 0 Å². The van der Waals surface area contributed by atoms with Gasteiger partial charge < -0.3 is 15.4 Å². The average Bonchev–Trinajstić information content (AvgIpc) is 3.09. The summed E-state index contributed by atoms with van der Waals surface area (Å²) < 4.78 is 32.2. The number of ether oxygens (including phenoxy) is 1. The number of morpholine rings is 1. The van der Waals surface area contributed by atoms with Gasteiger partial charge in [0.2, 0.25) is 10.0 Å². The fourth-order valence-electron chi connectivity index (χ4n) is 3.90. The monoisotopic (exact) mass is 516 g/mol. The molecule has 1 saturated heterocycles. The van der Waals surface area contributed by atoms with Gasteiger partial charge in [-0.1, -0.05) is 25.7 Å². The van der Waals surface area contributed by atoms with E-state index >= 15 is 0 Å². The normalized spacial score (nSPS) is 25.2. The SMILES string of the molecule is CN=C(NCCCC1CCCC1)NCCS(=O)(=O)N1CC(C)OC(C)C1.I. The van der Waals surface area contributed by atoms with Crippen molar-refractivity contribution >= 4 is 40.0 Å². The second kappa shape index (κ2) is 12.4. The van der Waals surface area contributed by atoms with Crippen LogP contribution in [0.15, 0.2) is 4.99 Å². The van der Waals surface area contributed by atoms with Gasteiger partial charge >= 0.3 is 0 Å². The van der Waals surface area contributed by atoms with Crippen LogP contribution in [0.25, 0.3) is 0 Å². The van der Waals surface area contributed by atoms with Crippen LogP contribution in [0.5, 0.6) is 0 Å². The third kappa shape index (κ3) is 8.82. The van der Waals surface area contributed by atoms with E-state index < -0.39 is 10.0 Å². The van der Waals surface area contributed by atoms with Crippen molar-refractivity contribution in [3.8, 4) is 0 Å². The van der Waals surface area contributed by atoms with Crippen molar-refractivity contribution in [2.45, 2.75) is 64.6 Å². The van der Waals surface area contributed by atoms with Gasteiger partial charge in [0.15, 0.2) is 5.96 Å². The van der Waals surface area contributed by atoms with Crippen LogP contribution < -0.4 is 10.6 Å². The molecule has 1 heterocycles. The Morgan fingerprint density at radius 1 is 1.11 bits per heavy atom. The number of hydrogen-bond donors (Lipinski definition) is 2. The van der Waals surface area contributed by atoms with Crippen molar-refractivity contribution in [3.63, 3.8) is 0 Å². The number of sulfonamides is 1. The summed E-state index contributed by atoms with van der Waals surface area (Å²) in [7, 11) is -1.57. The van der Waals surface area contributed by atoms with Crippen molar-refractivity contribution in [3.05, 3.63) is 0 Å². The number of halogens is 1. The number of rotatable bonds is 8. The second-order valence-corrected chi connectivity index (χ2v) is 9.70. The number of hydrogen-bond acceptors (Lipinski definition) is 4. The molecule has 1 saturated carbocycles. The van der Waals surface area contributed by atoms with E-state index in [4.69, 9.17) is 4.74 Å². The van der Waals surface area contributed by atoms with E-state index in [0.29, 0.717) is 25.6 Å². The first-order chi connectivity index (χ1) is 12.4. The minimum atomic E-state index is -3.28. The Hall–Kier alpha value is -0.130. The summed E-state index contributed by atoms with van der Waals surface area (Å²) >= 11 is 0. The smallest absolute Gasteiger partial charge is 0.216 e. The molecule has 1 aliphatic carbocycles. The molecule has 2 atom stereocenters. The zero-order valence-electron chi connectivity index (χ0n) is 16.9. The Bertz CT molecular complexity index is 543. The molecule has 2 N–H and O–H groups in total. The van der Waals surface area contributed by atoms with Crippen molar-refractivity contribution in [1.29, 1.82) is 0 Å². The molecule has 27 heavy (non-hydrogen) atoms. The van der Waals surface area contributed by atoms with E-state index in [2.05, 4.69) is 15.6 Å². The lowest BCUT2D eigenvalue weighted by Gasteiger charge is -2.34. The first kappa shape index (κ1) is 24.9. The summed E-state index contributed by atoms with van der Waals surface area (Å²) in [6.45, 7) is 5.91. The zero-order chi connectivity index (χ0) is 19.0. The Labute approximate surface area is 182 Å². The maximum absolute atomic E-state index is 12.5. The van der Waals surface area contributed by atoms with Gasteiger partial charge in [-0.15, -0.1) is 24.0 Å². The molecule has 0 bridgehead atoms. The van der Waals surface area contributed by atoms with Crippen molar-refractivity contribution in [2.75, 3.05) is 39.0 Å². The van der Waals surface area contributed by atoms with Gasteiger partial charge in [0, 0.05) is 33.2 Å². The van der Waals surface area contributed by atoms with Gasteiger partial charge in [0.25, 0.3) is 0 Å². The van der Waals surface area contributed by atoms with E-state index in [1.54, 1.807) is 11.4 Å². The summed E-state index contributed by atoms with van der Waals surface area (Å²) in [5, 5.41) is 6.40. The molecule has 0 aromatic carbocycles. The van der Waals surface area contributed by atoms with E-state index in [1.807, 2.05) is 13.8 Å². The lowest BCUT2D eigenvalue weighted by Crippen LogP contribution is -2.50. The molecule has 2 aliphatic rings. The fourth-order valence-corrected chi connectivity index (χ4v) is 5.39. The molecule has 2 fully saturated rings. The third-order valence-electron chi connectivity index (χ3n) is 5.21.